The van der Waals surface area contributed by atoms with E-state index in [1.54, 1.807) is 18.0 Å². The predicted octanol–water partition coefficient (Wildman–Crippen LogP) is 1.57. The zero-order valence-electron chi connectivity index (χ0n) is 9.49. The Bertz CT molecular complexity index is 414. The van der Waals surface area contributed by atoms with Crippen molar-refractivity contribution in [1.29, 1.82) is 0 Å². The lowest BCUT2D eigenvalue weighted by Gasteiger charge is -2.12. The van der Waals surface area contributed by atoms with Crippen molar-refractivity contribution < 1.29 is 9.90 Å². The molecular formula is C12H15NO2S. The van der Waals surface area contributed by atoms with Crippen molar-refractivity contribution in [3.63, 3.8) is 0 Å². The van der Waals surface area contributed by atoms with E-state index in [9.17, 15) is 4.79 Å². The molecule has 0 saturated carbocycles. The lowest BCUT2D eigenvalue weighted by Crippen LogP contribution is -2.25. The summed E-state index contributed by atoms with van der Waals surface area (Å²) in [5.74, 6) is 5.77. The molecule has 0 radical (unpaired) electrons. The summed E-state index contributed by atoms with van der Waals surface area (Å²) >= 11 is 1.45. The number of hydrogen-bond donors (Lipinski definition) is 1. The maximum Gasteiger partial charge on any atom is 0.254 e. The molecule has 86 valence electrons. The van der Waals surface area contributed by atoms with Gasteiger partial charge in [-0.05, 0) is 13.0 Å². The zero-order valence-corrected chi connectivity index (χ0v) is 10.3. The number of rotatable bonds is 3. The molecule has 0 saturated heterocycles. The highest BCUT2D eigenvalue weighted by Gasteiger charge is 2.11. The molecule has 0 aliphatic rings. The lowest BCUT2D eigenvalue weighted by atomic mass is 10.2. The van der Waals surface area contributed by atoms with Crippen molar-refractivity contribution >= 4 is 17.2 Å². The number of nitrogens with zero attached hydrogens (tertiary/aromatic N) is 1. The molecule has 16 heavy (non-hydrogen) atoms. The molecule has 0 unspecified atom stereocenters. The minimum atomic E-state index is 0.0222. The van der Waals surface area contributed by atoms with Gasteiger partial charge in [0.05, 0.1) is 17.0 Å². The van der Waals surface area contributed by atoms with E-state index in [2.05, 4.69) is 11.8 Å². The van der Waals surface area contributed by atoms with Gasteiger partial charge in [0.15, 0.2) is 0 Å². The Balaban J connectivity index is 2.72. The highest BCUT2D eigenvalue weighted by molar-refractivity contribution is 7.10. The fourth-order valence-corrected chi connectivity index (χ4v) is 1.83. The van der Waals surface area contributed by atoms with E-state index in [0.717, 1.165) is 4.88 Å². The summed E-state index contributed by atoms with van der Waals surface area (Å²) in [6.07, 6.45) is 0.468. The Morgan fingerprint density at radius 3 is 3.00 bits per heavy atom. The van der Waals surface area contributed by atoms with Crippen LogP contribution in [-0.2, 0) is 0 Å². The Labute approximate surface area is 99.7 Å². The highest BCUT2D eigenvalue weighted by atomic mass is 32.1. The molecule has 0 atom stereocenters. The summed E-state index contributed by atoms with van der Waals surface area (Å²) in [6, 6.07) is 1.80. The minimum Gasteiger partial charge on any atom is -0.395 e. The van der Waals surface area contributed by atoms with Gasteiger partial charge in [-0.15, -0.1) is 11.3 Å². The molecule has 1 rings (SSSR count). The standard InChI is InChI=1S/C12H15NO2S/c1-3-13(2)12(15)10-8-11(16-9-10)6-4-5-7-14/h8-9,14H,3,5,7H2,1-2H3. The monoisotopic (exact) mass is 237 g/mol. The first-order valence-corrected chi connectivity index (χ1v) is 6.00. The van der Waals surface area contributed by atoms with Crippen LogP contribution < -0.4 is 0 Å². The number of amides is 1. The third kappa shape index (κ3) is 3.37. The summed E-state index contributed by atoms with van der Waals surface area (Å²) in [6.45, 7) is 2.70. The van der Waals surface area contributed by atoms with Gasteiger partial charge in [0, 0.05) is 25.4 Å². The first kappa shape index (κ1) is 12.8. The van der Waals surface area contributed by atoms with Gasteiger partial charge >= 0.3 is 0 Å². The molecule has 1 aromatic heterocycles. The van der Waals surface area contributed by atoms with E-state index < -0.39 is 0 Å². The second-order valence-corrected chi connectivity index (χ2v) is 4.21. The zero-order chi connectivity index (χ0) is 12.0. The number of aliphatic hydroxyl groups is 1. The van der Waals surface area contributed by atoms with Crippen molar-refractivity contribution in [3.8, 4) is 11.8 Å². The number of hydrogen-bond acceptors (Lipinski definition) is 3. The Morgan fingerprint density at radius 1 is 1.62 bits per heavy atom. The molecule has 4 heteroatoms. The quantitative estimate of drug-likeness (QED) is 0.811. The van der Waals surface area contributed by atoms with E-state index >= 15 is 0 Å². The molecule has 1 N–H and O–H groups in total. The van der Waals surface area contributed by atoms with Crippen LogP contribution in [0, 0.1) is 11.8 Å². The van der Waals surface area contributed by atoms with Crippen LogP contribution in [-0.4, -0.2) is 36.1 Å². The molecule has 0 aliphatic carbocycles. The largest absolute Gasteiger partial charge is 0.395 e. The van der Waals surface area contributed by atoms with Crippen LogP contribution in [0.15, 0.2) is 11.4 Å². The van der Waals surface area contributed by atoms with Gasteiger partial charge in [-0.3, -0.25) is 4.79 Å². The second-order valence-electron chi connectivity index (χ2n) is 3.29. The number of carbonyl (C=O) groups is 1. The Kier molecular flexibility index (Phi) is 5.03. The highest BCUT2D eigenvalue weighted by Crippen LogP contribution is 2.15. The first-order chi connectivity index (χ1) is 7.69. The molecule has 0 aromatic carbocycles. The van der Waals surface area contributed by atoms with Gasteiger partial charge in [0.1, 0.15) is 0 Å². The SMILES string of the molecule is CCN(C)C(=O)c1csc(C#CCCO)c1. The average molecular weight is 237 g/mol. The second kappa shape index (κ2) is 6.31. The Hall–Kier alpha value is -1.31. The summed E-state index contributed by atoms with van der Waals surface area (Å²) in [4.78, 5) is 14.3. The van der Waals surface area contributed by atoms with E-state index in [1.165, 1.54) is 11.3 Å². The number of thiophene rings is 1. The van der Waals surface area contributed by atoms with Gasteiger partial charge in [0.25, 0.3) is 5.91 Å². The van der Waals surface area contributed by atoms with E-state index in [0.29, 0.717) is 18.5 Å². The summed E-state index contributed by atoms with van der Waals surface area (Å²) < 4.78 is 0. The summed E-state index contributed by atoms with van der Waals surface area (Å²) in [5, 5.41) is 10.4. The fraction of sp³-hybridized carbons (Fsp3) is 0.417. The molecule has 1 aromatic rings. The van der Waals surface area contributed by atoms with E-state index in [1.807, 2.05) is 12.3 Å². The smallest absolute Gasteiger partial charge is 0.254 e. The van der Waals surface area contributed by atoms with Gasteiger partial charge in [-0.25, -0.2) is 0 Å². The van der Waals surface area contributed by atoms with E-state index in [-0.39, 0.29) is 12.5 Å². The van der Waals surface area contributed by atoms with Crippen LogP contribution in [0.4, 0.5) is 0 Å². The molecule has 0 bridgehead atoms. The van der Waals surface area contributed by atoms with Crippen molar-refractivity contribution in [3.05, 3.63) is 21.9 Å². The lowest BCUT2D eigenvalue weighted by molar-refractivity contribution is 0.0803. The number of aliphatic hydroxyl groups excluding tert-OH is 1. The van der Waals surface area contributed by atoms with Crippen molar-refractivity contribution in [2.45, 2.75) is 13.3 Å². The third-order valence-corrected chi connectivity index (χ3v) is 2.96. The first-order valence-electron chi connectivity index (χ1n) is 5.12. The molecule has 0 aliphatic heterocycles. The van der Waals surface area contributed by atoms with Crippen molar-refractivity contribution in [2.75, 3.05) is 20.2 Å². The third-order valence-electron chi connectivity index (χ3n) is 2.12. The van der Waals surface area contributed by atoms with Gasteiger partial charge in [0.2, 0.25) is 0 Å². The van der Waals surface area contributed by atoms with Crippen LogP contribution in [0.3, 0.4) is 0 Å². The van der Waals surface area contributed by atoms with Crippen LogP contribution in [0.1, 0.15) is 28.6 Å². The average Bonchev–Trinajstić information content (AvgIpc) is 2.76. The van der Waals surface area contributed by atoms with Crippen LogP contribution in [0.2, 0.25) is 0 Å². The summed E-state index contributed by atoms with van der Waals surface area (Å²) in [7, 11) is 1.77. The molecule has 1 heterocycles. The maximum absolute atomic E-state index is 11.8. The van der Waals surface area contributed by atoms with Crippen LogP contribution in [0.5, 0.6) is 0 Å². The van der Waals surface area contributed by atoms with Crippen molar-refractivity contribution in [1.82, 2.24) is 4.90 Å². The van der Waals surface area contributed by atoms with Crippen molar-refractivity contribution in [2.24, 2.45) is 0 Å². The maximum atomic E-state index is 11.8. The number of carbonyl (C=O) groups excluding carboxylic acids is 1. The molecule has 1 amide bonds. The van der Waals surface area contributed by atoms with Gasteiger partial charge in [-0.1, -0.05) is 11.8 Å². The molecule has 3 nitrogen and oxygen atoms in total. The van der Waals surface area contributed by atoms with E-state index in [4.69, 9.17) is 5.11 Å². The topological polar surface area (TPSA) is 40.5 Å². The van der Waals surface area contributed by atoms with Crippen LogP contribution >= 0.6 is 11.3 Å². The molecular weight excluding hydrogens is 222 g/mol. The van der Waals surface area contributed by atoms with Gasteiger partial charge in [-0.2, -0.15) is 0 Å². The molecule has 0 fully saturated rings. The fourth-order valence-electron chi connectivity index (χ4n) is 1.08. The van der Waals surface area contributed by atoms with Crippen LogP contribution in [0.25, 0.3) is 0 Å². The normalized spacial score (nSPS) is 9.44. The summed E-state index contributed by atoms with van der Waals surface area (Å²) in [5.41, 5.74) is 0.683. The molecule has 0 spiro atoms. The Morgan fingerprint density at radius 2 is 2.38 bits per heavy atom. The predicted molar refractivity (Wildman–Crippen MR) is 65.5 cm³/mol. The minimum absolute atomic E-state index is 0.0222. The van der Waals surface area contributed by atoms with Gasteiger partial charge < -0.3 is 10.0 Å².